The summed E-state index contributed by atoms with van der Waals surface area (Å²) in [6, 6.07) is -0.610. The van der Waals surface area contributed by atoms with Gasteiger partial charge in [-0.15, -0.1) is 0 Å². The molecule has 2 aliphatic heterocycles. The van der Waals surface area contributed by atoms with E-state index in [4.69, 9.17) is 0 Å². The molecule has 0 bridgehead atoms. The maximum Gasteiger partial charge on any atom is 0.247 e. The van der Waals surface area contributed by atoms with Crippen LogP contribution in [-0.2, 0) is 19.4 Å². The molecule has 0 aromatic carbocycles. The van der Waals surface area contributed by atoms with Crippen molar-refractivity contribution in [1.29, 1.82) is 0 Å². The highest BCUT2D eigenvalue weighted by Crippen LogP contribution is 2.22. The number of carbonyl (C=O) groups is 2. The van der Waals surface area contributed by atoms with Gasteiger partial charge in [-0.3, -0.25) is 14.5 Å². The quantitative estimate of drug-likeness (QED) is 0.720. The predicted molar refractivity (Wildman–Crippen MR) is 79.4 cm³/mol. The molecule has 7 heteroatoms. The van der Waals surface area contributed by atoms with Gasteiger partial charge in [0.05, 0.1) is 23.5 Å². The van der Waals surface area contributed by atoms with Gasteiger partial charge >= 0.3 is 0 Å². The molecule has 2 rings (SSSR count). The molecule has 0 aromatic heterocycles. The Bertz CT molecular complexity index is 513. The molecule has 6 nitrogen and oxygen atoms in total. The van der Waals surface area contributed by atoms with Gasteiger partial charge in [0, 0.05) is 12.6 Å². The number of nitrogens with one attached hydrogen (secondary N) is 1. The standard InChI is InChI=1S/C14H24N2O4S/c1-3-10(4-2)16-13(17)8-12(14(16)18)15-9-11-6-5-7-21(11,19)20/h10-12,15H,3-9H2,1-2H3. The van der Waals surface area contributed by atoms with Gasteiger partial charge in [0.25, 0.3) is 0 Å². The lowest BCUT2D eigenvalue weighted by atomic mass is 10.1. The third kappa shape index (κ3) is 3.29. The summed E-state index contributed by atoms with van der Waals surface area (Å²) < 4.78 is 23.6. The Kier molecular flexibility index (Phi) is 5.03. The molecule has 0 radical (unpaired) electrons. The van der Waals surface area contributed by atoms with Crippen LogP contribution < -0.4 is 5.32 Å². The number of sulfone groups is 1. The zero-order valence-electron chi connectivity index (χ0n) is 12.7. The summed E-state index contributed by atoms with van der Waals surface area (Å²) in [6.45, 7) is 4.18. The van der Waals surface area contributed by atoms with Crippen LogP contribution in [0.2, 0.25) is 0 Å². The van der Waals surface area contributed by atoms with Crippen molar-refractivity contribution in [1.82, 2.24) is 10.2 Å². The first-order valence-corrected chi connectivity index (χ1v) is 9.43. The van der Waals surface area contributed by atoms with Crippen LogP contribution in [0.1, 0.15) is 46.0 Å². The number of likely N-dealkylation sites (tertiary alicyclic amines) is 1. The van der Waals surface area contributed by atoms with E-state index in [1.54, 1.807) is 0 Å². The molecule has 1 N–H and O–H groups in total. The number of imide groups is 1. The van der Waals surface area contributed by atoms with E-state index in [-0.39, 0.29) is 36.6 Å². The van der Waals surface area contributed by atoms with Crippen LogP contribution in [-0.4, -0.2) is 54.8 Å². The average molecular weight is 316 g/mol. The molecule has 2 saturated heterocycles. The second-order valence-electron chi connectivity index (χ2n) is 5.87. The van der Waals surface area contributed by atoms with E-state index < -0.39 is 21.1 Å². The number of rotatable bonds is 6. The molecule has 0 spiro atoms. The molecule has 2 unspecified atom stereocenters. The first kappa shape index (κ1) is 16.4. The summed E-state index contributed by atoms with van der Waals surface area (Å²) in [5, 5.41) is 2.59. The van der Waals surface area contributed by atoms with Crippen molar-refractivity contribution in [2.75, 3.05) is 12.3 Å². The first-order valence-electron chi connectivity index (χ1n) is 7.71. The molecule has 0 aliphatic carbocycles. The minimum atomic E-state index is -3.02. The van der Waals surface area contributed by atoms with E-state index in [1.807, 2.05) is 13.8 Å². The molecular formula is C14H24N2O4S. The summed E-state index contributed by atoms with van der Waals surface area (Å²) >= 11 is 0. The molecule has 2 heterocycles. The number of nitrogens with zero attached hydrogens (tertiary/aromatic N) is 1. The minimum absolute atomic E-state index is 0.0491. The van der Waals surface area contributed by atoms with E-state index in [1.165, 1.54) is 4.90 Å². The fourth-order valence-corrected chi connectivity index (χ4v) is 4.99. The SMILES string of the molecule is CCC(CC)N1C(=O)CC(NCC2CCCS2(=O)=O)C1=O. The molecular weight excluding hydrogens is 292 g/mol. The van der Waals surface area contributed by atoms with Crippen LogP contribution in [0, 0.1) is 0 Å². The lowest BCUT2D eigenvalue weighted by Crippen LogP contribution is -2.45. The monoisotopic (exact) mass is 316 g/mol. The summed E-state index contributed by atoms with van der Waals surface area (Å²) in [4.78, 5) is 25.7. The Morgan fingerprint density at radius 3 is 2.48 bits per heavy atom. The van der Waals surface area contributed by atoms with Gasteiger partial charge in [0.15, 0.2) is 9.84 Å². The summed E-state index contributed by atoms with van der Waals surface area (Å²) in [7, 11) is -3.02. The third-order valence-electron chi connectivity index (χ3n) is 4.55. The molecule has 120 valence electrons. The number of carbonyl (C=O) groups excluding carboxylic acids is 2. The van der Waals surface area contributed by atoms with Crippen molar-refractivity contribution in [3.8, 4) is 0 Å². The van der Waals surface area contributed by atoms with E-state index in [9.17, 15) is 18.0 Å². The van der Waals surface area contributed by atoms with E-state index in [0.717, 1.165) is 12.8 Å². The Morgan fingerprint density at radius 1 is 1.29 bits per heavy atom. The fourth-order valence-electron chi connectivity index (χ4n) is 3.21. The van der Waals surface area contributed by atoms with Crippen molar-refractivity contribution in [2.45, 2.75) is 63.3 Å². The van der Waals surface area contributed by atoms with Crippen molar-refractivity contribution < 1.29 is 18.0 Å². The van der Waals surface area contributed by atoms with Crippen LogP contribution in [0.4, 0.5) is 0 Å². The Hall–Kier alpha value is -0.950. The third-order valence-corrected chi connectivity index (χ3v) is 6.82. The normalized spacial score (nSPS) is 28.8. The maximum atomic E-state index is 12.3. The highest BCUT2D eigenvalue weighted by atomic mass is 32.2. The van der Waals surface area contributed by atoms with Crippen LogP contribution >= 0.6 is 0 Å². The van der Waals surface area contributed by atoms with Gasteiger partial charge in [-0.25, -0.2) is 8.42 Å². The molecule has 0 saturated carbocycles. The number of hydrogen-bond acceptors (Lipinski definition) is 5. The van der Waals surface area contributed by atoms with Gasteiger partial charge in [0.1, 0.15) is 0 Å². The lowest BCUT2D eigenvalue weighted by molar-refractivity contribution is -0.141. The second kappa shape index (κ2) is 6.44. The van der Waals surface area contributed by atoms with Crippen molar-refractivity contribution in [3.63, 3.8) is 0 Å². The smallest absolute Gasteiger partial charge is 0.247 e. The van der Waals surface area contributed by atoms with E-state index in [0.29, 0.717) is 12.8 Å². The van der Waals surface area contributed by atoms with Gasteiger partial charge in [-0.05, 0) is 25.7 Å². The number of hydrogen-bond donors (Lipinski definition) is 1. The van der Waals surface area contributed by atoms with Crippen LogP contribution in [0.25, 0.3) is 0 Å². The van der Waals surface area contributed by atoms with Gasteiger partial charge in [-0.1, -0.05) is 13.8 Å². The van der Waals surface area contributed by atoms with Crippen molar-refractivity contribution >= 4 is 21.7 Å². The van der Waals surface area contributed by atoms with Crippen LogP contribution in [0.3, 0.4) is 0 Å². The Balaban J connectivity index is 1.97. The van der Waals surface area contributed by atoms with Crippen molar-refractivity contribution in [3.05, 3.63) is 0 Å². The van der Waals surface area contributed by atoms with Crippen LogP contribution in [0.15, 0.2) is 0 Å². The van der Waals surface area contributed by atoms with Gasteiger partial charge in [-0.2, -0.15) is 0 Å². The molecule has 2 fully saturated rings. The topological polar surface area (TPSA) is 83.6 Å². The molecule has 2 aliphatic rings. The Morgan fingerprint density at radius 2 is 1.95 bits per heavy atom. The zero-order chi connectivity index (χ0) is 15.6. The summed E-state index contributed by atoms with van der Waals surface area (Å²) in [5.74, 6) is -0.124. The Labute approximate surface area is 126 Å². The van der Waals surface area contributed by atoms with Gasteiger partial charge < -0.3 is 5.32 Å². The van der Waals surface area contributed by atoms with E-state index in [2.05, 4.69) is 5.32 Å². The summed E-state index contributed by atoms with van der Waals surface area (Å²) in [6.07, 6.45) is 2.96. The molecule has 2 atom stereocenters. The van der Waals surface area contributed by atoms with E-state index >= 15 is 0 Å². The molecule has 2 amide bonds. The molecule has 0 aromatic rings. The van der Waals surface area contributed by atoms with Crippen molar-refractivity contribution in [2.24, 2.45) is 0 Å². The zero-order valence-corrected chi connectivity index (χ0v) is 13.5. The van der Waals surface area contributed by atoms with Crippen LogP contribution in [0.5, 0.6) is 0 Å². The highest BCUT2D eigenvalue weighted by Gasteiger charge is 2.42. The predicted octanol–water partition coefficient (Wildman–Crippen LogP) is 0.469. The number of amides is 2. The average Bonchev–Trinajstić information content (AvgIpc) is 2.91. The fraction of sp³-hybridized carbons (Fsp3) is 0.857. The summed E-state index contributed by atoms with van der Waals surface area (Å²) in [5.41, 5.74) is 0. The highest BCUT2D eigenvalue weighted by molar-refractivity contribution is 7.92. The maximum absolute atomic E-state index is 12.3. The van der Waals surface area contributed by atoms with Gasteiger partial charge in [0.2, 0.25) is 11.8 Å². The lowest BCUT2D eigenvalue weighted by Gasteiger charge is -2.24. The minimum Gasteiger partial charge on any atom is -0.304 e. The largest absolute Gasteiger partial charge is 0.304 e. The first-order chi connectivity index (χ1) is 9.90. The molecule has 21 heavy (non-hydrogen) atoms. The second-order valence-corrected chi connectivity index (χ2v) is 8.27.